The number of rotatable bonds is 4. The minimum Gasteiger partial charge on any atom is -0.445 e. The summed E-state index contributed by atoms with van der Waals surface area (Å²) in [5.74, 6) is -0.102. The summed E-state index contributed by atoms with van der Waals surface area (Å²) in [5, 5.41) is 0. The van der Waals surface area contributed by atoms with Gasteiger partial charge in [-0.1, -0.05) is 48.5 Å². The molecule has 2 aromatic carbocycles. The van der Waals surface area contributed by atoms with Crippen molar-refractivity contribution in [2.75, 3.05) is 13.1 Å². The lowest BCUT2D eigenvalue weighted by molar-refractivity contribution is 0.0796. The van der Waals surface area contributed by atoms with Gasteiger partial charge in [0.25, 0.3) is 0 Å². The molecular formula is C20H23FN2O2. The van der Waals surface area contributed by atoms with Crippen LogP contribution in [0.25, 0.3) is 0 Å². The molecule has 1 atom stereocenters. The van der Waals surface area contributed by atoms with Crippen molar-refractivity contribution in [3.05, 3.63) is 71.5 Å². The van der Waals surface area contributed by atoms with Gasteiger partial charge in [-0.3, -0.25) is 0 Å². The standard InChI is InChI=1S/C20H23FN2O2/c21-18-9-5-4-8-17(18)19(22)16-10-12-23(13-11-16)20(24)25-14-15-6-2-1-3-7-15/h1-9,16,19H,10-14,22H2/t19-/m1/s1. The van der Waals surface area contributed by atoms with Gasteiger partial charge >= 0.3 is 6.09 Å². The van der Waals surface area contributed by atoms with Gasteiger partial charge in [-0.25, -0.2) is 9.18 Å². The highest BCUT2D eigenvalue weighted by Gasteiger charge is 2.29. The number of nitrogens with zero attached hydrogens (tertiary/aromatic N) is 1. The molecule has 3 rings (SSSR count). The molecule has 0 saturated carbocycles. The molecule has 25 heavy (non-hydrogen) atoms. The molecule has 4 nitrogen and oxygen atoms in total. The third-order valence-electron chi connectivity index (χ3n) is 4.78. The van der Waals surface area contributed by atoms with E-state index >= 15 is 0 Å². The second kappa shape index (κ2) is 8.12. The Balaban J connectivity index is 1.50. The van der Waals surface area contributed by atoms with Crippen LogP contribution in [0.2, 0.25) is 0 Å². The number of amides is 1. The van der Waals surface area contributed by atoms with Crippen LogP contribution < -0.4 is 5.73 Å². The summed E-state index contributed by atoms with van der Waals surface area (Å²) in [6.45, 7) is 1.44. The number of halogens is 1. The first kappa shape index (κ1) is 17.4. The van der Waals surface area contributed by atoms with Crippen LogP contribution in [0.4, 0.5) is 9.18 Å². The lowest BCUT2D eigenvalue weighted by atomic mass is 9.86. The van der Waals surface area contributed by atoms with E-state index in [0.29, 0.717) is 18.7 Å². The van der Waals surface area contributed by atoms with Crippen molar-refractivity contribution in [1.82, 2.24) is 4.90 Å². The van der Waals surface area contributed by atoms with Gasteiger partial charge in [0.2, 0.25) is 0 Å². The molecule has 132 valence electrons. The average molecular weight is 342 g/mol. The van der Waals surface area contributed by atoms with Crippen LogP contribution in [0.15, 0.2) is 54.6 Å². The number of carbonyl (C=O) groups is 1. The SMILES string of the molecule is N[C@@H](c1ccccc1F)C1CCN(C(=O)OCc2ccccc2)CC1. The highest BCUT2D eigenvalue weighted by molar-refractivity contribution is 5.67. The fraction of sp³-hybridized carbons (Fsp3) is 0.350. The Bertz CT molecular complexity index is 700. The molecule has 0 aliphatic carbocycles. The minimum absolute atomic E-state index is 0.162. The molecule has 0 radical (unpaired) electrons. The Labute approximate surface area is 147 Å². The Morgan fingerprint density at radius 1 is 1.12 bits per heavy atom. The maximum atomic E-state index is 13.9. The third-order valence-corrected chi connectivity index (χ3v) is 4.78. The Morgan fingerprint density at radius 2 is 1.76 bits per heavy atom. The summed E-state index contributed by atoms with van der Waals surface area (Å²) < 4.78 is 19.3. The molecule has 5 heteroatoms. The monoisotopic (exact) mass is 342 g/mol. The number of benzene rings is 2. The number of nitrogens with two attached hydrogens (primary N) is 1. The average Bonchev–Trinajstić information content (AvgIpc) is 2.67. The number of hydrogen-bond donors (Lipinski definition) is 1. The molecule has 1 fully saturated rings. The van der Waals surface area contributed by atoms with Gasteiger partial charge in [-0.05, 0) is 30.4 Å². The van der Waals surface area contributed by atoms with Gasteiger partial charge in [0.05, 0.1) is 0 Å². The van der Waals surface area contributed by atoms with E-state index in [4.69, 9.17) is 10.5 Å². The molecule has 0 unspecified atom stereocenters. The van der Waals surface area contributed by atoms with Crippen molar-refractivity contribution in [3.8, 4) is 0 Å². The summed E-state index contributed by atoms with van der Waals surface area (Å²) in [6.07, 6.45) is 1.19. The molecule has 1 heterocycles. The van der Waals surface area contributed by atoms with Crippen LogP contribution in [0, 0.1) is 11.7 Å². The molecule has 2 aromatic rings. The molecule has 1 saturated heterocycles. The van der Waals surface area contributed by atoms with E-state index in [1.54, 1.807) is 23.1 Å². The van der Waals surface area contributed by atoms with Crippen molar-refractivity contribution in [3.63, 3.8) is 0 Å². The molecule has 1 amide bonds. The van der Waals surface area contributed by atoms with Crippen LogP contribution in [0.5, 0.6) is 0 Å². The first-order chi connectivity index (χ1) is 12.1. The number of likely N-dealkylation sites (tertiary alicyclic amines) is 1. The van der Waals surface area contributed by atoms with E-state index in [1.807, 2.05) is 30.3 Å². The number of ether oxygens (including phenoxy) is 1. The summed E-state index contributed by atoms with van der Waals surface area (Å²) in [6, 6.07) is 15.9. The number of hydrogen-bond acceptors (Lipinski definition) is 3. The van der Waals surface area contributed by atoms with Crippen LogP contribution in [-0.4, -0.2) is 24.1 Å². The van der Waals surface area contributed by atoms with Crippen molar-refractivity contribution in [2.45, 2.75) is 25.5 Å². The predicted octanol–water partition coefficient (Wildman–Crippen LogP) is 3.87. The second-order valence-corrected chi connectivity index (χ2v) is 6.41. The normalized spacial score (nSPS) is 16.5. The zero-order valence-corrected chi connectivity index (χ0v) is 14.1. The molecule has 1 aliphatic heterocycles. The van der Waals surface area contributed by atoms with E-state index in [0.717, 1.165) is 18.4 Å². The topological polar surface area (TPSA) is 55.6 Å². The molecule has 0 spiro atoms. The van der Waals surface area contributed by atoms with Crippen LogP contribution in [0.3, 0.4) is 0 Å². The van der Waals surface area contributed by atoms with Crippen molar-refractivity contribution < 1.29 is 13.9 Å². The molecule has 0 bridgehead atoms. The van der Waals surface area contributed by atoms with Gasteiger partial charge < -0.3 is 15.4 Å². The first-order valence-corrected chi connectivity index (χ1v) is 8.61. The zero-order chi connectivity index (χ0) is 17.6. The van der Waals surface area contributed by atoms with E-state index in [9.17, 15) is 9.18 Å². The van der Waals surface area contributed by atoms with E-state index in [2.05, 4.69) is 0 Å². The van der Waals surface area contributed by atoms with Crippen molar-refractivity contribution in [2.24, 2.45) is 11.7 Å². The van der Waals surface area contributed by atoms with Crippen molar-refractivity contribution >= 4 is 6.09 Å². The van der Waals surface area contributed by atoms with Crippen LogP contribution in [0.1, 0.15) is 30.0 Å². The van der Waals surface area contributed by atoms with Crippen molar-refractivity contribution in [1.29, 1.82) is 0 Å². The van der Waals surface area contributed by atoms with Gasteiger partial charge in [0.15, 0.2) is 0 Å². The highest BCUT2D eigenvalue weighted by atomic mass is 19.1. The highest BCUT2D eigenvalue weighted by Crippen LogP contribution is 2.30. The first-order valence-electron chi connectivity index (χ1n) is 8.61. The van der Waals surface area contributed by atoms with E-state index in [-0.39, 0.29) is 30.5 Å². The molecule has 0 aromatic heterocycles. The maximum Gasteiger partial charge on any atom is 0.410 e. The molecular weight excluding hydrogens is 319 g/mol. The van der Waals surface area contributed by atoms with Gasteiger partial charge in [0.1, 0.15) is 12.4 Å². The third kappa shape index (κ3) is 4.37. The maximum absolute atomic E-state index is 13.9. The van der Waals surface area contributed by atoms with Gasteiger partial charge in [0, 0.05) is 24.7 Å². The Kier molecular flexibility index (Phi) is 5.66. The summed E-state index contributed by atoms with van der Waals surface area (Å²) in [4.78, 5) is 13.9. The fourth-order valence-corrected chi connectivity index (χ4v) is 3.25. The zero-order valence-electron chi connectivity index (χ0n) is 14.1. The largest absolute Gasteiger partial charge is 0.445 e. The second-order valence-electron chi connectivity index (χ2n) is 6.41. The lowest BCUT2D eigenvalue weighted by Gasteiger charge is -2.34. The minimum atomic E-state index is -0.344. The van der Waals surface area contributed by atoms with Gasteiger partial charge in [-0.15, -0.1) is 0 Å². The van der Waals surface area contributed by atoms with Crippen LogP contribution >= 0.6 is 0 Å². The van der Waals surface area contributed by atoms with Crippen LogP contribution in [-0.2, 0) is 11.3 Å². The van der Waals surface area contributed by atoms with E-state index in [1.165, 1.54) is 6.07 Å². The van der Waals surface area contributed by atoms with Gasteiger partial charge in [-0.2, -0.15) is 0 Å². The molecule has 2 N–H and O–H groups in total. The van der Waals surface area contributed by atoms with E-state index < -0.39 is 0 Å². The fourth-order valence-electron chi connectivity index (χ4n) is 3.25. The summed E-state index contributed by atoms with van der Waals surface area (Å²) in [5.41, 5.74) is 7.77. The summed E-state index contributed by atoms with van der Waals surface area (Å²) >= 11 is 0. The Morgan fingerprint density at radius 3 is 2.44 bits per heavy atom. The Hall–Kier alpha value is -2.40. The quantitative estimate of drug-likeness (QED) is 0.917. The molecule has 1 aliphatic rings. The number of piperidine rings is 1. The number of carbonyl (C=O) groups excluding carboxylic acids is 1. The smallest absolute Gasteiger partial charge is 0.410 e. The lowest BCUT2D eigenvalue weighted by Crippen LogP contribution is -2.41. The summed E-state index contributed by atoms with van der Waals surface area (Å²) in [7, 11) is 0. The predicted molar refractivity (Wildman–Crippen MR) is 94.3 cm³/mol.